The average Bonchev–Trinajstić information content (AvgIpc) is 3.37. The molecular formula is C29H29F3N6O2. The van der Waals surface area contributed by atoms with E-state index >= 15 is 0 Å². The van der Waals surface area contributed by atoms with Gasteiger partial charge in [-0.15, -0.1) is 13.2 Å². The minimum Gasteiger partial charge on any atom is -0.404 e. The van der Waals surface area contributed by atoms with Gasteiger partial charge in [-0.25, -0.2) is 0 Å². The third kappa shape index (κ3) is 5.37. The smallest absolute Gasteiger partial charge is 0.404 e. The average molecular weight is 551 g/mol. The highest BCUT2D eigenvalue weighted by Crippen LogP contribution is 2.36. The van der Waals surface area contributed by atoms with Crippen molar-refractivity contribution in [2.45, 2.75) is 25.2 Å². The van der Waals surface area contributed by atoms with Crippen LogP contribution in [0.4, 0.5) is 13.2 Å². The lowest BCUT2D eigenvalue weighted by Crippen LogP contribution is -2.35. The van der Waals surface area contributed by atoms with Gasteiger partial charge in [0.05, 0.1) is 0 Å². The number of halogens is 3. The fraction of sp³-hybridized carbons (Fsp3) is 0.276. The highest BCUT2D eigenvalue weighted by Gasteiger charge is 2.26. The van der Waals surface area contributed by atoms with Crippen molar-refractivity contribution >= 4 is 22.7 Å². The summed E-state index contributed by atoms with van der Waals surface area (Å²) in [5.41, 5.74) is 8.27. The van der Waals surface area contributed by atoms with Crippen LogP contribution in [0, 0.1) is 0 Å². The maximum absolute atomic E-state index is 13.5. The highest BCUT2D eigenvalue weighted by molar-refractivity contribution is 6.11. The molecule has 11 heteroatoms. The topological polar surface area (TPSA) is 101 Å². The summed E-state index contributed by atoms with van der Waals surface area (Å²) in [6.45, 7) is 1.78. The van der Waals surface area contributed by atoms with E-state index in [1.54, 1.807) is 29.9 Å². The first kappa shape index (κ1) is 27.2. The molecule has 1 fully saturated rings. The largest absolute Gasteiger partial charge is 0.503 e. The van der Waals surface area contributed by atoms with Gasteiger partial charge in [-0.05, 0) is 50.2 Å². The second-order valence-corrected chi connectivity index (χ2v) is 10.0. The molecule has 40 heavy (non-hydrogen) atoms. The second-order valence-electron chi connectivity index (χ2n) is 10.0. The monoisotopic (exact) mass is 550 g/mol. The molecule has 4 aromatic rings. The Bertz CT molecular complexity index is 1720. The van der Waals surface area contributed by atoms with Crippen molar-refractivity contribution in [1.29, 1.82) is 0 Å². The Morgan fingerprint density at radius 2 is 1.73 bits per heavy atom. The zero-order chi connectivity index (χ0) is 28.6. The number of piperidine rings is 1. The van der Waals surface area contributed by atoms with Gasteiger partial charge in [-0.2, -0.15) is 4.99 Å². The third-order valence-electron chi connectivity index (χ3n) is 7.34. The molecular weight excluding hydrogens is 521 g/mol. The molecule has 3 aromatic heterocycles. The molecule has 0 saturated carbocycles. The first-order valence-electron chi connectivity index (χ1n) is 12.8. The summed E-state index contributed by atoms with van der Waals surface area (Å²) >= 11 is 0. The molecule has 1 aliphatic heterocycles. The predicted octanol–water partition coefficient (Wildman–Crippen LogP) is 4.52. The van der Waals surface area contributed by atoms with E-state index < -0.39 is 6.30 Å². The summed E-state index contributed by atoms with van der Waals surface area (Å²) in [6.07, 6.45) is 2.04. The van der Waals surface area contributed by atoms with Crippen LogP contribution in [0.1, 0.15) is 24.6 Å². The number of aryl methyl sites for hydroxylation is 1. The van der Waals surface area contributed by atoms with Crippen molar-refractivity contribution in [1.82, 2.24) is 19.0 Å². The lowest BCUT2D eigenvalue weighted by atomic mass is 9.94. The van der Waals surface area contributed by atoms with Crippen LogP contribution in [-0.2, 0) is 7.05 Å². The Morgan fingerprint density at radius 1 is 1.02 bits per heavy atom. The fourth-order valence-corrected chi connectivity index (χ4v) is 5.23. The summed E-state index contributed by atoms with van der Waals surface area (Å²) in [7, 11) is 3.65. The third-order valence-corrected chi connectivity index (χ3v) is 7.34. The van der Waals surface area contributed by atoms with Crippen molar-refractivity contribution in [2.24, 2.45) is 17.8 Å². The van der Waals surface area contributed by atoms with E-state index in [9.17, 15) is 22.8 Å². The number of allylic oxidation sites excluding steroid dienone is 1. The molecule has 8 nitrogen and oxygen atoms in total. The molecule has 0 radical (unpaired) electrons. The van der Waals surface area contributed by atoms with E-state index in [0.29, 0.717) is 22.7 Å². The van der Waals surface area contributed by atoms with Gasteiger partial charge in [0.25, 0.3) is 11.1 Å². The zero-order valence-electron chi connectivity index (χ0n) is 22.1. The number of alkyl halides is 3. The van der Waals surface area contributed by atoms with Crippen molar-refractivity contribution in [3.8, 4) is 22.3 Å². The fourth-order valence-electron chi connectivity index (χ4n) is 5.23. The van der Waals surface area contributed by atoms with Crippen molar-refractivity contribution in [3.63, 3.8) is 0 Å². The number of aromatic nitrogens is 3. The van der Waals surface area contributed by atoms with E-state index in [4.69, 9.17) is 5.73 Å². The molecule has 1 aliphatic rings. The number of rotatable bonds is 5. The first-order chi connectivity index (χ1) is 19.1. The van der Waals surface area contributed by atoms with Crippen LogP contribution < -0.4 is 16.9 Å². The highest BCUT2D eigenvalue weighted by atomic mass is 19.4. The van der Waals surface area contributed by atoms with Crippen LogP contribution in [0.2, 0.25) is 0 Å². The van der Waals surface area contributed by atoms with Gasteiger partial charge in [0.2, 0.25) is 0 Å². The lowest BCUT2D eigenvalue weighted by Gasteiger charge is -2.30. The molecule has 3 N–H and O–H groups in total. The van der Waals surface area contributed by atoms with Gasteiger partial charge in [0, 0.05) is 71.7 Å². The van der Waals surface area contributed by atoms with Crippen LogP contribution in [0.5, 0.6) is 0 Å². The van der Waals surface area contributed by atoms with E-state index in [-0.39, 0.29) is 33.9 Å². The number of aromatic amines is 1. The molecule has 4 heterocycles. The lowest BCUT2D eigenvalue weighted by molar-refractivity contribution is -0.118. The molecule has 0 bridgehead atoms. The van der Waals surface area contributed by atoms with Crippen LogP contribution in [0.15, 0.2) is 75.6 Å². The molecule has 1 saturated heterocycles. The molecule has 0 aliphatic carbocycles. The molecule has 5 rings (SSSR count). The normalized spacial score (nSPS) is 15.9. The van der Waals surface area contributed by atoms with Crippen LogP contribution in [0.3, 0.4) is 0 Å². The van der Waals surface area contributed by atoms with E-state index in [2.05, 4.69) is 21.9 Å². The number of H-pyrrole nitrogens is 1. The van der Waals surface area contributed by atoms with E-state index in [0.717, 1.165) is 43.3 Å². The first-order valence-corrected chi connectivity index (χ1v) is 12.8. The molecule has 0 atom stereocenters. The summed E-state index contributed by atoms with van der Waals surface area (Å²) in [4.78, 5) is 34.3. The van der Waals surface area contributed by atoms with Crippen LogP contribution >= 0.6 is 0 Å². The maximum atomic E-state index is 13.5. The summed E-state index contributed by atoms with van der Waals surface area (Å²) in [6, 6.07) is 12.8. The summed E-state index contributed by atoms with van der Waals surface area (Å²) < 4.78 is 41.4. The minimum atomic E-state index is -4.77. The Balaban J connectivity index is 1.73. The van der Waals surface area contributed by atoms with Gasteiger partial charge >= 0.3 is 6.30 Å². The molecule has 1 aromatic carbocycles. The zero-order valence-corrected chi connectivity index (χ0v) is 22.1. The minimum absolute atomic E-state index is 0.0394. The number of nitrogens with one attached hydrogen (secondary N) is 1. The molecule has 0 amide bonds. The standard InChI is InChI=1S/C29H29F3N6O2/c1-36-10-8-20(9-11-36)38-17-23(18-6-4-3-5-7-18)21(13-26(38)39)24-16-37(2)28(40)27-22(24)12-25(35-27)19(14-33)15-34-29(30,31)32/h3-7,12-17,20,35H,8-11,33H2,1-2H3. The molecule has 0 unspecified atom stereocenters. The Morgan fingerprint density at radius 3 is 2.38 bits per heavy atom. The van der Waals surface area contributed by atoms with Gasteiger partial charge < -0.3 is 24.8 Å². The SMILES string of the molecule is CN1CCC(n2cc(-c3ccccc3)c(-c3cn(C)c(=O)c4[nH]c(C(C=NC(F)(F)F)=CN)cc34)cc2=O)CC1. The number of benzene rings is 1. The number of hydrogen-bond donors (Lipinski definition) is 2. The molecule has 208 valence electrons. The quantitative estimate of drug-likeness (QED) is 0.282. The van der Waals surface area contributed by atoms with Gasteiger partial charge in [0.1, 0.15) is 5.52 Å². The number of hydrogen-bond acceptors (Lipinski definition) is 5. The maximum Gasteiger partial charge on any atom is 0.503 e. The number of fused-ring (bicyclic) bond motifs is 1. The Labute approximate surface area is 227 Å². The summed E-state index contributed by atoms with van der Waals surface area (Å²) in [5.74, 6) is 0. The van der Waals surface area contributed by atoms with E-state index in [1.807, 2.05) is 36.5 Å². The number of pyridine rings is 2. The van der Waals surface area contributed by atoms with Gasteiger partial charge in [-0.3, -0.25) is 9.59 Å². The number of nitrogens with zero attached hydrogens (tertiary/aromatic N) is 4. The Kier molecular flexibility index (Phi) is 7.24. The van der Waals surface area contributed by atoms with Gasteiger partial charge in [0.15, 0.2) is 0 Å². The van der Waals surface area contributed by atoms with Crippen LogP contribution in [-0.4, -0.2) is 51.7 Å². The number of likely N-dealkylation sites (tertiary alicyclic amines) is 1. The van der Waals surface area contributed by atoms with Crippen LogP contribution in [0.25, 0.3) is 38.7 Å². The number of aliphatic imine (C=N–C) groups is 1. The van der Waals surface area contributed by atoms with Crippen molar-refractivity contribution in [2.75, 3.05) is 20.1 Å². The predicted molar refractivity (Wildman–Crippen MR) is 151 cm³/mol. The summed E-state index contributed by atoms with van der Waals surface area (Å²) in [5, 5.41) is 0.450. The van der Waals surface area contributed by atoms with Gasteiger partial charge in [-0.1, -0.05) is 30.3 Å². The van der Waals surface area contributed by atoms with Crippen molar-refractivity contribution in [3.05, 3.63) is 87.5 Å². The van der Waals surface area contributed by atoms with Crippen molar-refractivity contribution < 1.29 is 13.2 Å². The number of nitrogens with two attached hydrogens (primary N) is 1. The second kappa shape index (κ2) is 10.6. The Hall–Kier alpha value is -4.38. The molecule has 0 spiro atoms. The van der Waals surface area contributed by atoms with E-state index in [1.165, 1.54) is 4.57 Å².